The van der Waals surface area contributed by atoms with Gasteiger partial charge in [-0.25, -0.2) is 0 Å². The average molecular weight is 364 g/mol. The van der Waals surface area contributed by atoms with Crippen LogP contribution in [0.5, 0.6) is 0 Å². The lowest BCUT2D eigenvalue weighted by Gasteiger charge is -2.02. The van der Waals surface area contributed by atoms with E-state index in [1.807, 2.05) is 6.07 Å². The average Bonchev–Trinajstić information content (AvgIpc) is 2.86. The predicted octanol–water partition coefficient (Wildman–Crippen LogP) is 4.03. The number of pyridine rings is 1. The molecule has 104 valence electrons. The summed E-state index contributed by atoms with van der Waals surface area (Å²) in [5, 5.41) is 1.29. The minimum absolute atomic E-state index is 0.238. The van der Waals surface area contributed by atoms with E-state index < -0.39 is 5.78 Å². The number of carbonyl (C=O) groups is 2. The van der Waals surface area contributed by atoms with Gasteiger partial charge in [0.25, 0.3) is 0 Å². The first-order valence-electron chi connectivity index (χ1n) is 6.02. The number of nitrogens with zero attached hydrogens (tertiary/aromatic N) is 1. The molecule has 1 N–H and O–H groups in total. The second-order valence-electron chi connectivity index (χ2n) is 4.41. The second kappa shape index (κ2) is 5.42. The van der Waals surface area contributed by atoms with Crippen molar-refractivity contribution < 1.29 is 9.59 Å². The van der Waals surface area contributed by atoms with Gasteiger partial charge in [-0.1, -0.05) is 17.7 Å². The van der Waals surface area contributed by atoms with Crippen LogP contribution in [0.4, 0.5) is 0 Å². The molecule has 2 aromatic heterocycles. The van der Waals surface area contributed by atoms with E-state index in [0.29, 0.717) is 21.3 Å². The highest BCUT2D eigenvalue weighted by molar-refractivity contribution is 9.10. The van der Waals surface area contributed by atoms with Crippen LogP contribution < -0.4 is 0 Å². The van der Waals surface area contributed by atoms with Gasteiger partial charge in [0.2, 0.25) is 5.78 Å². The summed E-state index contributed by atoms with van der Waals surface area (Å²) >= 11 is 9.48. The first-order chi connectivity index (χ1) is 10.1. The lowest BCUT2D eigenvalue weighted by atomic mass is 10.0. The number of carbonyl (C=O) groups excluding carboxylic acids is 2. The monoisotopic (exact) mass is 362 g/mol. The van der Waals surface area contributed by atoms with Gasteiger partial charge in [-0.05, 0) is 34.1 Å². The van der Waals surface area contributed by atoms with Crippen molar-refractivity contribution in [2.45, 2.75) is 0 Å². The van der Waals surface area contributed by atoms with Crippen molar-refractivity contribution in [3.63, 3.8) is 0 Å². The zero-order chi connectivity index (χ0) is 15.0. The van der Waals surface area contributed by atoms with Gasteiger partial charge in [0.1, 0.15) is 0 Å². The molecule has 0 spiro atoms. The fourth-order valence-electron chi connectivity index (χ4n) is 2.24. The van der Waals surface area contributed by atoms with Crippen molar-refractivity contribution in [2.24, 2.45) is 0 Å². The van der Waals surface area contributed by atoms with Gasteiger partial charge in [0.15, 0.2) is 6.29 Å². The molecule has 2 heterocycles. The number of ketones is 1. The van der Waals surface area contributed by atoms with Gasteiger partial charge in [0, 0.05) is 38.9 Å². The highest BCUT2D eigenvalue weighted by Gasteiger charge is 2.19. The second-order valence-corrected chi connectivity index (χ2v) is 5.67. The molecular formula is C15H8BrClN2O2. The number of H-pyrrole nitrogens is 1. The molecule has 0 aliphatic carbocycles. The van der Waals surface area contributed by atoms with E-state index >= 15 is 0 Å². The third-order valence-corrected chi connectivity index (χ3v) is 4.34. The molecule has 0 radical (unpaired) electrons. The van der Waals surface area contributed by atoms with Crippen molar-refractivity contribution in [1.82, 2.24) is 9.97 Å². The molecule has 21 heavy (non-hydrogen) atoms. The van der Waals surface area contributed by atoms with Crippen LogP contribution in [0.3, 0.4) is 0 Å². The third-order valence-electron chi connectivity index (χ3n) is 3.14. The van der Waals surface area contributed by atoms with E-state index in [1.54, 1.807) is 30.6 Å². The normalized spacial score (nSPS) is 10.8. The van der Waals surface area contributed by atoms with Crippen LogP contribution >= 0.6 is 27.5 Å². The number of aromatic amines is 1. The summed E-state index contributed by atoms with van der Waals surface area (Å²) in [5.74, 6) is -0.614. The number of halogens is 2. The van der Waals surface area contributed by atoms with Crippen LogP contribution in [0.15, 0.2) is 41.1 Å². The summed E-state index contributed by atoms with van der Waals surface area (Å²) in [5.41, 5.74) is 2.33. The Hall–Kier alpha value is -1.98. The van der Waals surface area contributed by atoms with Crippen LogP contribution in [0.25, 0.3) is 22.0 Å². The Morgan fingerprint density at radius 1 is 1.38 bits per heavy atom. The lowest BCUT2D eigenvalue weighted by Crippen LogP contribution is -2.02. The number of Topliss-reactive ketones (excluding diaryl/α,β-unsaturated/α-hetero) is 1. The molecule has 3 aromatic rings. The van der Waals surface area contributed by atoms with Crippen LogP contribution in [0.1, 0.15) is 10.5 Å². The Bertz CT molecular complexity index is 859. The van der Waals surface area contributed by atoms with Crippen molar-refractivity contribution in [3.8, 4) is 11.1 Å². The number of hydrogen-bond acceptors (Lipinski definition) is 3. The maximum absolute atomic E-state index is 11.9. The smallest absolute Gasteiger partial charge is 0.242 e. The van der Waals surface area contributed by atoms with Crippen LogP contribution in [-0.4, -0.2) is 22.0 Å². The Morgan fingerprint density at radius 3 is 2.86 bits per heavy atom. The number of aldehydes is 1. The van der Waals surface area contributed by atoms with Gasteiger partial charge in [0.05, 0.1) is 10.7 Å². The van der Waals surface area contributed by atoms with Crippen LogP contribution in [-0.2, 0) is 4.79 Å². The zero-order valence-electron chi connectivity index (χ0n) is 10.6. The molecule has 0 fully saturated rings. The van der Waals surface area contributed by atoms with E-state index in [4.69, 9.17) is 11.6 Å². The third kappa shape index (κ3) is 2.39. The molecule has 1 aromatic carbocycles. The van der Waals surface area contributed by atoms with E-state index in [-0.39, 0.29) is 5.69 Å². The zero-order valence-corrected chi connectivity index (χ0v) is 12.9. The molecule has 3 rings (SSSR count). The maximum atomic E-state index is 11.9. The van der Waals surface area contributed by atoms with E-state index in [2.05, 4.69) is 25.9 Å². The minimum Gasteiger partial charge on any atom is -0.351 e. The Morgan fingerprint density at radius 2 is 2.19 bits per heavy atom. The fraction of sp³-hybridized carbons (Fsp3) is 0. The maximum Gasteiger partial charge on any atom is 0.242 e. The molecule has 0 saturated heterocycles. The highest BCUT2D eigenvalue weighted by Crippen LogP contribution is 2.36. The molecule has 0 aliphatic heterocycles. The number of fused-ring (bicyclic) bond motifs is 1. The molecule has 6 heteroatoms. The minimum atomic E-state index is -0.614. The highest BCUT2D eigenvalue weighted by atomic mass is 79.9. The fourth-order valence-corrected chi connectivity index (χ4v) is 2.75. The number of rotatable bonds is 3. The van der Waals surface area contributed by atoms with E-state index in [0.717, 1.165) is 16.5 Å². The first kappa shape index (κ1) is 14.0. The van der Waals surface area contributed by atoms with Gasteiger partial charge in [-0.2, -0.15) is 0 Å². The molecular weight excluding hydrogens is 356 g/mol. The Kier molecular flexibility index (Phi) is 3.61. The van der Waals surface area contributed by atoms with Crippen molar-refractivity contribution in [2.75, 3.05) is 0 Å². The van der Waals surface area contributed by atoms with Gasteiger partial charge in [-0.3, -0.25) is 14.6 Å². The molecule has 0 atom stereocenters. The SMILES string of the molecule is O=CC(=O)c1[nH]c2cc(Br)c(Cl)cc2c1-c1cccnc1. The van der Waals surface area contributed by atoms with Crippen molar-refractivity contribution >= 4 is 50.5 Å². The summed E-state index contributed by atoms with van der Waals surface area (Å²) in [6.07, 6.45) is 3.57. The van der Waals surface area contributed by atoms with E-state index in [1.165, 1.54) is 0 Å². The van der Waals surface area contributed by atoms with Gasteiger partial charge >= 0.3 is 0 Å². The Balaban J connectivity index is 2.40. The number of hydrogen-bond donors (Lipinski definition) is 1. The lowest BCUT2D eigenvalue weighted by molar-refractivity contribution is -0.104. The topological polar surface area (TPSA) is 62.8 Å². The van der Waals surface area contributed by atoms with Gasteiger partial charge < -0.3 is 4.98 Å². The number of nitrogens with one attached hydrogen (secondary N) is 1. The molecule has 0 amide bonds. The summed E-state index contributed by atoms with van der Waals surface area (Å²) in [4.78, 5) is 29.8. The largest absolute Gasteiger partial charge is 0.351 e. The van der Waals surface area contributed by atoms with E-state index in [9.17, 15) is 9.59 Å². The van der Waals surface area contributed by atoms with Crippen molar-refractivity contribution in [1.29, 1.82) is 0 Å². The molecule has 0 saturated carbocycles. The summed E-state index contributed by atoms with van der Waals surface area (Å²) in [6.45, 7) is 0. The summed E-state index contributed by atoms with van der Waals surface area (Å²) < 4.78 is 0.709. The molecule has 0 bridgehead atoms. The predicted molar refractivity (Wildman–Crippen MR) is 84.6 cm³/mol. The van der Waals surface area contributed by atoms with Crippen LogP contribution in [0, 0.1) is 0 Å². The number of aromatic nitrogens is 2. The molecule has 4 nitrogen and oxygen atoms in total. The number of benzene rings is 1. The molecule has 0 unspecified atom stereocenters. The Labute approximate surface area is 133 Å². The standard InChI is InChI=1S/C15H8BrClN2O2/c16-10-5-12-9(4-11(10)17)14(8-2-1-3-18-6-8)15(19-12)13(21)7-20/h1-7,19H. The molecule has 0 aliphatic rings. The van der Waals surface area contributed by atoms with Crippen LogP contribution in [0.2, 0.25) is 5.02 Å². The first-order valence-corrected chi connectivity index (χ1v) is 7.19. The van der Waals surface area contributed by atoms with Gasteiger partial charge in [-0.15, -0.1) is 0 Å². The summed E-state index contributed by atoms with van der Waals surface area (Å²) in [7, 11) is 0. The quantitative estimate of drug-likeness (QED) is 0.434. The summed E-state index contributed by atoms with van der Waals surface area (Å²) in [6, 6.07) is 7.12. The van der Waals surface area contributed by atoms with Crippen molar-refractivity contribution in [3.05, 3.63) is 51.8 Å².